The van der Waals surface area contributed by atoms with Crippen LogP contribution in [0.2, 0.25) is 0 Å². The summed E-state index contributed by atoms with van der Waals surface area (Å²) < 4.78 is 29.6. The maximum absolute atomic E-state index is 15.3. The van der Waals surface area contributed by atoms with Gasteiger partial charge in [-0.2, -0.15) is 5.10 Å². The van der Waals surface area contributed by atoms with Gasteiger partial charge in [-0.3, -0.25) is 13.7 Å². The number of aryl methyl sites for hydroxylation is 2. The number of carbonyl (C=O) groups excluding carboxylic acids is 1. The molecule has 4 aromatic rings. The van der Waals surface area contributed by atoms with Gasteiger partial charge in [0.1, 0.15) is 0 Å². The Kier molecular flexibility index (Phi) is 8.54. The van der Waals surface area contributed by atoms with Gasteiger partial charge in [-0.1, -0.05) is 30.4 Å². The summed E-state index contributed by atoms with van der Waals surface area (Å²) in [4.78, 5) is 20.0. The van der Waals surface area contributed by atoms with Gasteiger partial charge in [0, 0.05) is 37.7 Å². The van der Waals surface area contributed by atoms with Crippen molar-refractivity contribution in [1.29, 1.82) is 0 Å². The van der Waals surface area contributed by atoms with Crippen LogP contribution in [0.5, 0.6) is 0 Å². The van der Waals surface area contributed by atoms with Gasteiger partial charge in [-0.05, 0) is 73.4 Å². The molecule has 0 aliphatic carbocycles. The first kappa shape index (κ1) is 29.2. The van der Waals surface area contributed by atoms with E-state index in [1.54, 1.807) is 25.6 Å². The zero-order chi connectivity index (χ0) is 30.0. The Morgan fingerprint density at radius 2 is 1.90 bits per heavy atom. The summed E-state index contributed by atoms with van der Waals surface area (Å²) in [6.07, 6.45) is 6.90. The van der Waals surface area contributed by atoms with Crippen molar-refractivity contribution in [2.75, 3.05) is 30.1 Å². The number of rotatable bonds is 8. The highest BCUT2D eigenvalue weighted by Gasteiger charge is 2.22. The number of benzene rings is 2. The Labute approximate surface area is 248 Å². The number of nitrogens with zero attached hydrogens (tertiary/aromatic N) is 4. The van der Waals surface area contributed by atoms with Crippen LogP contribution in [-0.2, 0) is 23.9 Å². The Morgan fingerprint density at radius 3 is 2.64 bits per heavy atom. The van der Waals surface area contributed by atoms with Gasteiger partial charge in [0.05, 0.1) is 45.9 Å². The van der Waals surface area contributed by atoms with Crippen LogP contribution >= 0.6 is 0 Å². The molecule has 1 aliphatic heterocycles. The quantitative estimate of drug-likeness (QED) is 0.284. The minimum atomic E-state index is -1.17. The van der Waals surface area contributed by atoms with E-state index in [0.29, 0.717) is 47.0 Å². The van der Waals surface area contributed by atoms with Crippen molar-refractivity contribution in [1.82, 2.24) is 20.1 Å². The number of pyridine rings is 1. The molecule has 2 aromatic heterocycles. The van der Waals surface area contributed by atoms with Crippen molar-refractivity contribution in [3.05, 3.63) is 99.8 Å². The molecule has 1 unspecified atom stereocenters. The highest BCUT2D eigenvalue weighted by Crippen LogP contribution is 2.31. The first-order chi connectivity index (χ1) is 20.1. The zero-order valence-electron chi connectivity index (χ0n) is 24.4. The van der Waals surface area contributed by atoms with E-state index in [1.807, 2.05) is 78.9 Å². The molecule has 2 aromatic carbocycles. The Balaban J connectivity index is 1.46. The molecule has 0 fully saturated rings. The highest BCUT2D eigenvalue weighted by molar-refractivity contribution is 7.84. The molecule has 2 N–H and O–H groups in total. The number of carbonyl (C=O) groups is 1. The molecule has 5 rings (SSSR count). The van der Waals surface area contributed by atoms with Crippen molar-refractivity contribution >= 4 is 40.4 Å². The van der Waals surface area contributed by atoms with Gasteiger partial charge in [0.2, 0.25) is 0 Å². The molecule has 0 saturated carbocycles. The lowest BCUT2D eigenvalue weighted by Gasteiger charge is -2.28. The lowest BCUT2D eigenvalue weighted by molar-refractivity contribution is 0.0962. The molecule has 0 saturated heterocycles. The van der Waals surface area contributed by atoms with Crippen molar-refractivity contribution in [3.8, 4) is 0 Å². The molecule has 1 aliphatic rings. The van der Waals surface area contributed by atoms with E-state index in [2.05, 4.69) is 20.7 Å². The van der Waals surface area contributed by atoms with Crippen LogP contribution in [0.15, 0.2) is 59.6 Å². The van der Waals surface area contributed by atoms with Crippen molar-refractivity contribution < 1.29 is 13.4 Å². The number of amides is 1. The Hall–Kier alpha value is -4.31. The van der Waals surface area contributed by atoms with Gasteiger partial charge in [-0.25, -0.2) is 9.37 Å². The van der Waals surface area contributed by atoms with E-state index in [0.717, 1.165) is 28.2 Å². The summed E-state index contributed by atoms with van der Waals surface area (Å²) in [6.45, 7) is 7.73. The summed E-state index contributed by atoms with van der Waals surface area (Å²) in [5, 5.41) is 10.7. The van der Waals surface area contributed by atoms with Gasteiger partial charge in [0.25, 0.3) is 5.91 Å². The smallest absolute Gasteiger partial charge is 0.251 e. The van der Waals surface area contributed by atoms with Crippen LogP contribution in [0.3, 0.4) is 0 Å². The van der Waals surface area contributed by atoms with Crippen LogP contribution in [0.25, 0.3) is 12.2 Å². The largest absolute Gasteiger partial charge is 0.378 e. The predicted molar refractivity (Wildman–Crippen MR) is 167 cm³/mol. The third-order valence-corrected chi connectivity index (χ3v) is 8.34. The highest BCUT2D eigenvalue weighted by atomic mass is 32.2. The molecule has 0 radical (unpaired) electrons. The molecule has 218 valence electrons. The second kappa shape index (κ2) is 12.3. The lowest BCUT2D eigenvalue weighted by Crippen LogP contribution is -2.34. The van der Waals surface area contributed by atoms with Crippen LogP contribution in [0, 0.1) is 19.7 Å². The number of nitrogens with one attached hydrogen (secondary N) is 2. The molecule has 1 amide bonds. The Bertz CT molecular complexity index is 1700. The summed E-state index contributed by atoms with van der Waals surface area (Å²) in [5.74, 6) is -0.318. The fourth-order valence-electron chi connectivity index (χ4n) is 5.38. The number of fused-ring (bicyclic) bond motifs is 1. The van der Waals surface area contributed by atoms with Crippen molar-refractivity contribution in [3.63, 3.8) is 0 Å². The van der Waals surface area contributed by atoms with Crippen molar-refractivity contribution in [2.45, 2.75) is 44.8 Å². The van der Waals surface area contributed by atoms with E-state index in [1.165, 1.54) is 6.07 Å². The molecule has 8 nitrogen and oxygen atoms in total. The van der Waals surface area contributed by atoms with Gasteiger partial charge in [0.15, 0.2) is 11.6 Å². The second-order valence-electron chi connectivity index (χ2n) is 10.5. The average Bonchev–Trinajstić information content (AvgIpc) is 3.35. The third-order valence-electron chi connectivity index (χ3n) is 7.37. The van der Waals surface area contributed by atoms with Gasteiger partial charge < -0.3 is 15.5 Å². The summed E-state index contributed by atoms with van der Waals surface area (Å²) in [7, 11) is 0.425. The normalized spacial score (nSPS) is 14.5. The first-order valence-electron chi connectivity index (χ1n) is 13.8. The SMILES string of the molecule is CNC(=O)c1cc(C)cc([C@@H](C)Nc2ccccc2S(C)=O)c1/C=C/c1cnc(N2CCn3nc(C)cc3C2)c(F)c1. The van der Waals surface area contributed by atoms with Crippen LogP contribution in [-0.4, -0.2) is 44.7 Å². The minimum Gasteiger partial charge on any atom is -0.378 e. The minimum absolute atomic E-state index is 0.221. The van der Waals surface area contributed by atoms with Crippen molar-refractivity contribution in [2.24, 2.45) is 0 Å². The number of aromatic nitrogens is 3. The zero-order valence-corrected chi connectivity index (χ0v) is 25.3. The standard InChI is InChI=1S/C32H35FN6O2S/c1-20-14-26(22(3)36-29-8-6-7-9-30(29)42(5)41)25(27(15-20)32(40)34-4)11-10-23-17-28(33)31(35-18-23)38-12-13-39-24(19-38)16-21(2)37-39/h6-11,14-18,22,36H,12-13,19H2,1-5H3,(H,34,40)/b11-10+/t22-,42?/m1/s1. The van der Waals surface area contributed by atoms with E-state index >= 15 is 4.39 Å². The van der Waals surface area contributed by atoms with Crippen LogP contribution < -0.4 is 15.5 Å². The molecule has 3 heterocycles. The molecule has 10 heteroatoms. The van der Waals surface area contributed by atoms with Crippen LogP contribution in [0.4, 0.5) is 15.9 Å². The maximum Gasteiger partial charge on any atom is 0.251 e. The van der Waals surface area contributed by atoms with E-state index in [4.69, 9.17) is 0 Å². The van der Waals surface area contributed by atoms with E-state index in [-0.39, 0.29) is 11.9 Å². The number of halogens is 1. The average molecular weight is 587 g/mol. The third kappa shape index (κ3) is 6.13. The van der Waals surface area contributed by atoms with Crippen LogP contribution in [0.1, 0.15) is 57.0 Å². The molecule has 42 heavy (non-hydrogen) atoms. The van der Waals surface area contributed by atoms with E-state index < -0.39 is 16.6 Å². The fraction of sp³-hybridized carbons (Fsp3) is 0.281. The second-order valence-corrected chi connectivity index (χ2v) is 11.9. The number of hydrogen-bond acceptors (Lipinski definition) is 6. The van der Waals surface area contributed by atoms with Gasteiger partial charge >= 0.3 is 0 Å². The first-order valence-corrected chi connectivity index (χ1v) is 15.4. The monoisotopic (exact) mass is 586 g/mol. The summed E-state index contributed by atoms with van der Waals surface area (Å²) in [6, 6.07) is 14.6. The molecular formula is C32H35FN6O2S. The molecule has 0 bridgehead atoms. The molecule has 2 atom stereocenters. The molecule has 0 spiro atoms. The Morgan fingerprint density at radius 1 is 1.12 bits per heavy atom. The van der Waals surface area contributed by atoms with E-state index in [9.17, 15) is 9.00 Å². The number of hydrogen-bond donors (Lipinski definition) is 2. The lowest BCUT2D eigenvalue weighted by atomic mass is 9.92. The summed E-state index contributed by atoms with van der Waals surface area (Å²) in [5.41, 5.74) is 6.35. The number of anilines is 2. The number of para-hydroxylation sites is 1. The predicted octanol–water partition coefficient (Wildman–Crippen LogP) is 5.49. The summed E-state index contributed by atoms with van der Waals surface area (Å²) >= 11 is 0. The topological polar surface area (TPSA) is 92.1 Å². The molecular weight excluding hydrogens is 551 g/mol. The fourth-order valence-corrected chi connectivity index (χ4v) is 6.09. The van der Waals surface area contributed by atoms with Gasteiger partial charge in [-0.15, -0.1) is 0 Å². The maximum atomic E-state index is 15.3.